The van der Waals surface area contributed by atoms with E-state index in [2.05, 4.69) is 21.2 Å². The van der Waals surface area contributed by atoms with Crippen LogP contribution in [0.3, 0.4) is 0 Å². The summed E-state index contributed by atoms with van der Waals surface area (Å²) in [6.07, 6.45) is 3.85. The molecule has 0 bridgehead atoms. The first-order chi connectivity index (χ1) is 12.0. The maximum Gasteiger partial charge on any atom is 0.275 e. The highest BCUT2D eigenvalue weighted by atomic mass is 79.9. The lowest BCUT2D eigenvalue weighted by Gasteiger charge is -2.14. The van der Waals surface area contributed by atoms with Crippen LogP contribution in [-0.2, 0) is 11.3 Å². The van der Waals surface area contributed by atoms with Crippen molar-refractivity contribution in [1.29, 1.82) is 0 Å². The number of benzene rings is 1. The number of halogens is 1. The van der Waals surface area contributed by atoms with E-state index < -0.39 is 0 Å². The molecule has 0 saturated heterocycles. The van der Waals surface area contributed by atoms with E-state index in [4.69, 9.17) is 0 Å². The minimum absolute atomic E-state index is 0.0297. The summed E-state index contributed by atoms with van der Waals surface area (Å²) < 4.78 is 4.61. The molecule has 5 nitrogen and oxygen atoms in total. The maximum absolute atomic E-state index is 12.8. The minimum Gasteiger partial charge on any atom is -0.354 e. The lowest BCUT2D eigenvalue weighted by atomic mass is 10.2. The van der Waals surface area contributed by atoms with Gasteiger partial charge in [0.25, 0.3) is 5.56 Å². The predicted molar refractivity (Wildman–Crippen MR) is 104 cm³/mol. The Balaban J connectivity index is 1.89. The molecule has 6 heteroatoms. The molecule has 1 amide bonds. The van der Waals surface area contributed by atoms with Crippen molar-refractivity contribution in [3.8, 4) is 0 Å². The number of nitrogens with one attached hydrogen (secondary N) is 1. The summed E-state index contributed by atoms with van der Waals surface area (Å²) in [5.41, 5.74) is 2.47. The van der Waals surface area contributed by atoms with Crippen LogP contribution >= 0.6 is 15.9 Å². The van der Waals surface area contributed by atoms with E-state index in [-0.39, 0.29) is 17.5 Å². The highest BCUT2D eigenvalue weighted by molar-refractivity contribution is 9.10. The van der Waals surface area contributed by atoms with Crippen molar-refractivity contribution in [1.82, 2.24) is 14.3 Å². The van der Waals surface area contributed by atoms with Crippen LogP contribution in [0.1, 0.15) is 33.1 Å². The van der Waals surface area contributed by atoms with Crippen molar-refractivity contribution in [2.75, 3.05) is 0 Å². The second-order valence-electron chi connectivity index (χ2n) is 6.33. The molecule has 1 aromatic carbocycles. The average molecular weight is 404 g/mol. The van der Waals surface area contributed by atoms with Gasteiger partial charge in [-0.2, -0.15) is 0 Å². The van der Waals surface area contributed by atoms with Gasteiger partial charge in [-0.05, 0) is 50.1 Å². The van der Waals surface area contributed by atoms with Gasteiger partial charge in [-0.1, -0.05) is 22.9 Å². The average Bonchev–Trinajstić information content (AvgIpc) is 3.07. The number of hydrogen-bond acceptors (Lipinski definition) is 2. The number of fused-ring (bicyclic) bond motifs is 3. The molecule has 0 aliphatic heterocycles. The minimum atomic E-state index is -0.0297. The van der Waals surface area contributed by atoms with E-state index in [1.807, 2.05) is 54.8 Å². The van der Waals surface area contributed by atoms with Gasteiger partial charge in [-0.25, -0.2) is 0 Å². The van der Waals surface area contributed by atoms with Crippen molar-refractivity contribution in [3.63, 3.8) is 0 Å². The van der Waals surface area contributed by atoms with Gasteiger partial charge in [-0.15, -0.1) is 0 Å². The number of carbonyl (C=O) groups is 1. The predicted octanol–water partition coefficient (Wildman–Crippen LogP) is 3.71. The van der Waals surface area contributed by atoms with Gasteiger partial charge in [-0.3, -0.25) is 9.59 Å². The quantitative estimate of drug-likeness (QED) is 0.681. The monoisotopic (exact) mass is 403 g/mol. The van der Waals surface area contributed by atoms with Crippen LogP contribution in [0.4, 0.5) is 0 Å². The SMILES string of the molecule is CC[C@H](C)NC(=O)CCCn1c(=O)c2cccn2c2ccc(Br)cc21. The van der Waals surface area contributed by atoms with E-state index in [1.165, 1.54) is 0 Å². The molecule has 0 unspecified atom stereocenters. The zero-order chi connectivity index (χ0) is 18.0. The Labute approximate surface area is 154 Å². The zero-order valence-electron chi connectivity index (χ0n) is 14.5. The Bertz CT molecular complexity index is 974. The van der Waals surface area contributed by atoms with Gasteiger partial charge in [0.1, 0.15) is 5.52 Å². The Morgan fingerprint density at radius 2 is 2.04 bits per heavy atom. The smallest absolute Gasteiger partial charge is 0.275 e. The molecular formula is C19H22BrN3O2. The summed E-state index contributed by atoms with van der Waals surface area (Å²) in [5.74, 6) is 0.0386. The first kappa shape index (κ1) is 17.7. The summed E-state index contributed by atoms with van der Waals surface area (Å²) in [4.78, 5) is 24.8. The zero-order valence-corrected chi connectivity index (χ0v) is 16.0. The van der Waals surface area contributed by atoms with E-state index in [1.54, 1.807) is 4.57 Å². The van der Waals surface area contributed by atoms with Gasteiger partial charge >= 0.3 is 0 Å². The Morgan fingerprint density at radius 3 is 2.80 bits per heavy atom. The van der Waals surface area contributed by atoms with Crippen molar-refractivity contribution < 1.29 is 4.79 Å². The molecule has 0 aliphatic rings. The van der Waals surface area contributed by atoms with Gasteiger partial charge in [0.05, 0.1) is 11.0 Å². The number of hydrogen-bond donors (Lipinski definition) is 1. The molecule has 3 aromatic rings. The molecule has 0 aliphatic carbocycles. The third-order valence-electron chi connectivity index (χ3n) is 4.51. The number of amides is 1. The maximum atomic E-state index is 12.8. The summed E-state index contributed by atoms with van der Waals surface area (Å²) >= 11 is 3.48. The van der Waals surface area contributed by atoms with Gasteiger partial charge in [0.2, 0.25) is 5.91 Å². The molecule has 1 atom stereocenters. The molecule has 2 aromatic heterocycles. The molecule has 0 spiro atoms. The van der Waals surface area contributed by atoms with E-state index in [9.17, 15) is 9.59 Å². The summed E-state index contributed by atoms with van der Waals surface area (Å²) in [7, 11) is 0. The number of aryl methyl sites for hydroxylation is 1. The third-order valence-corrected chi connectivity index (χ3v) is 5.00. The van der Waals surface area contributed by atoms with Gasteiger partial charge < -0.3 is 14.3 Å². The topological polar surface area (TPSA) is 55.5 Å². The van der Waals surface area contributed by atoms with Crippen LogP contribution in [0.2, 0.25) is 0 Å². The Hall–Kier alpha value is -2.08. The van der Waals surface area contributed by atoms with Crippen LogP contribution in [0.15, 0.2) is 45.8 Å². The Kier molecular flexibility index (Phi) is 5.27. The van der Waals surface area contributed by atoms with Crippen molar-refractivity contribution >= 4 is 38.4 Å². The molecule has 0 fully saturated rings. The lowest BCUT2D eigenvalue weighted by molar-refractivity contribution is -0.121. The van der Waals surface area contributed by atoms with Crippen LogP contribution in [-0.4, -0.2) is 20.9 Å². The van der Waals surface area contributed by atoms with Crippen molar-refractivity contribution in [3.05, 3.63) is 51.4 Å². The first-order valence-corrected chi connectivity index (χ1v) is 9.39. The third kappa shape index (κ3) is 3.63. The fourth-order valence-electron chi connectivity index (χ4n) is 3.00. The van der Waals surface area contributed by atoms with Crippen LogP contribution < -0.4 is 10.9 Å². The number of rotatable bonds is 6. The molecule has 25 heavy (non-hydrogen) atoms. The van der Waals surface area contributed by atoms with E-state index >= 15 is 0 Å². The largest absolute Gasteiger partial charge is 0.354 e. The summed E-state index contributed by atoms with van der Waals surface area (Å²) in [5, 5.41) is 2.96. The van der Waals surface area contributed by atoms with E-state index in [0.29, 0.717) is 24.9 Å². The number of nitrogens with zero attached hydrogens (tertiary/aromatic N) is 2. The summed E-state index contributed by atoms with van der Waals surface area (Å²) in [6.45, 7) is 4.55. The fourth-order valence-corrected chi connectivity index (χ4v) is 3.35. The molecule has 132 valence electrons. The van der Waals surface area contributed by atoms with Crippen molar-refractivity contribution in [2.45, 2.75) is 45.7 Å². The molecular weight excluding hydrogens is 382 g/mol. The number of carbonyl (C=O) groups excluding carboxylic acids is 1. The van der Waals surface area contributed by atoms with Crippen LogP contribution in [0.5, 0.6) is 0 Å². The second-order valence-corrected chi connectivity index (χ2v) is 7.25. The highest BCUT2D eigenvalue weighted by Gasteiger charge is 2.12. The Morgan fingerprint density at radius 1 is 1.24 bits per heavy atom. The molecule has 2 heterocycles. The first-order valence-electron chi connectivity index (χ1n) is 8.59. The standard InChI is InChI=1S/C19H22BrN3O2/c1-3-13(2)21-18(24)7-5-11-23-17-12-14(20)8-9-15(17)22-10-4-6-16(22)19(23)25/h4,6,8-10,12-13H,3,5,7,11H2,1-2H3,(H,21,24)/t13-/m0/s1. The molecule has 0 radical (unpaired) electrons. The molecule has 0 saturated carbocycles. The lowest BCUT2D eigenvalue weighted by Crippen LogP contribution is -2.32. The number of aromatic nitrogens is 2. The van der Waals surface area contributed by atoms with Gasteiger partial charge in [0, 0.05) is 29.7 Å². The van der Waals surface area contributed by atoms with Crippen LogP contribution in [0.25, 0.3) is 16.6 Å². The van der Waals surface area contributed by atoms with E-state index in [0.717, 1.165) is 21.9 Å². The molecule has 1 N–H and O–H groups in total. The molecule has 3 rings (SSSR count). The second kappa shape index (κ2) is 7.44. The fraction of sp³-hybridized carbons (Fsp3) is 0.368. The summed E-state index contributed by atoms with van der Waals surface area (Å²) in [6, 6.07) is 9.81. The van der Waals surface area contributed by atoms with Crippen LogP contribution in [0, 0.1) is 0 Å². The highest BCUT2D eigenvalue weighted by Crippen LogP contribution is 2.20. The normalized spacial score (nSPS) is 12.6. The van der Waals surface area contributed by atoms with Gasteiger partial charge in [0.15, 0.2) is 0 Å². The van der Waals surface area contributed by atoms with Crippen molar-refractivity contribution in [2.24, 2.45) is 0 Å².